The predicted octanol–water partition coefficient (Wildman–Crippen LogP) is 4.56. The summed E-state index contributed by atoms with van der Waals surface area (Å²) in [5.41, 5.74) is 0.961. The highest BCUT2D eigenvalue weighted by Crippen LogP contribution is 2.22. The van der Waals surface area contributed by atoms with Crippen LogP contribution in [0, 0.1) is 5.82 Å². The Morgan fingerprint density at radius 3 is 2.79 bits per heavy atom. The normalized spacial score (nSPS) is 10.3. The SMILES string of the molecule is CSc1cccc(NC(=O)c2cc(F)ccc2Br)c1. The van der Waals surface area contributed by atoms with Gasteiger partial charge in [0, 0.05) is 15.1 Å². The monoisotopic (exact) mass is 339 g/mol. The molecule has 0 atom stereocenters. The second-order valence-electron chi connectivity index (χ2n) is 3.81. The minimum absolute atomic E-state index is 0.273. The van der Waals surface area contributed by atoms with Crippen molar-refractivity contribution in [3.63, 3.8) is 0 Å². The molecule has 0 fully saturated rings. The fourth-order valence-electron chi connectivity index (χ4n) is 1.57. The predicted molar refractivity (Wildman–Crippen MR) is 80.3 cm³/mol. The lowest BCUT2D eigenvalue weighted by Gasteiger charge is -2.08. The summed E-state index contributed by atoms with van der Waals surface area (Å²) in [4.78, 5) is 13.1. The Balaban J connectivity index is 2.23. The Bertz CT molecular complexity index is 618. The van der Waals surface area contributed by atoms with E-state index in [4.69, 9.17) is 0 Å². The summed E-state index contributed by atoms with van der Waals surface area (Å²) in [5, 5.41) is 2.75. The van der Waals surface area contributed by atoms with E-state index in [0.29, 0.717) is 10.2 Å². The fraction of sp³-hybridized carbons (Fsp3) is 0.0714. The molecule has 5 heteroatoms. The third kappa shape index (κ3) is 3.58. The van der Waals surface area contributed by atoms with Crippen LogP contribution in [0.3, 0.4) is 0 Å². The average molecular weight is 340 g/mol. The number of benzene rings is 2. The molecule has 0 unspecified atom stereocenters. The molecule has 2 aromatic carbocycles. The summed E-state index contributed by atoms with van der Waals surface area (Å²) in [6.07, 6.45) is 1.96. The van der Waals surface area contributed by atoms with Crippen molar-refractivity contribution in [1.29, 1.82) is 0 Å². The lowest BCUT2D eigenvalue weighted by molar-refractivity contribution is 0.102. The van der Waals surface area contributed by atoms with Crippen molar-refractivity contribution in [3.05, 3.63) is 58.3 Å². The van der Waals surface area contributed by atoms with Gasteiger partial charge in [0.2, 0.25) is 0 Å². The van der Waals surface area contributed by atoms with Gasteiger partial charge in [-0.05, 0) is 58.6 Å². The van der Waals surface area contributed by atoms with Crippen molar-refractivity contribution in [2.75, 3.05) is 11.6 Å². The molecule has 0 aliphatic heterocycles. The summed E-state index contributed by atoms with van der Waals surface area (Å²) >= 11 is 4.83. The maximum Gasteiger partial charge on any atom is 0.256 e. The number of carbonyl (C=O) groups is 1. The van der Waals surface area contributed by atoms with Crippen LogP contribution in [0.25, 0.3) is 0 Å². The third-order valence-electron chi connectivity index (χ3n) is 2.50. The molecule has 2 rings (SSSR count). The minimum atomic E-state index is -0.439. The van der Waals surface area contributed by atoms with Crippen LogP contribution in [0.1, 0.15) is 10.4 Å². The second-order valence-corrected chi connectivity index (χ2v) is 5.54. The van der Waals surface area contributed by atoms with Gasteiger partial charge < -0.3 is 5.32 Å². The molecule has 0 saturated carbocycles. The number of carbonyl (C=O) groups excluding carboxylic acids is 1. The summed E-state index contributed by atoms with van der Waals surface area (Å²) in [7, 11) is 0. The molecule has 0 aromatic heterocycles. The Hall–Kier alpha value is -1.33. The van der Waals surface area contributed by atoms with E-state index in [1.165, 1.54) is 18.2 Å². The van der Waals surface area contributed by atoms with Crippen molar-refractivity contribution >= 4 is 39.3 Å². The quantitative estimate of drug-likeness (QED) is 0.830. The van der Waals surface area contributed by atoms with E-state index in [9.17, 15) is 9.18 Å². The van der Waals surface area contributed by atoms with Crippen LogP contribution in [0.15, 0.2) is 51.8 Å². The Kier molecular flexibility index (Phi) is 4.61. The van der Waals surface area contributed by atoms with Crippen LogP contribution in [0.5, 0.6) is 0 Å². The van der Waals surface area contributed by atoms with E-state index in [1.807, 2.05) is 24.5 Å². The van der Waals surface area contributed by atoms with E-state index in [2.05, 4.69) is 21.2 Å². The van der Waals surface area contributed by atoms with Crippen LogP contribution < -0.4 is 5.32 Å². The van der Waals surface area contributed by atoms with E-state index in [-0.39, 0.29) is 11.5 Å². The maximum absolute atomic E-state index is 13.2. The van der Waals surface area contributed by atoms with Crippen LogP contribution in [-0.2, 0) is 0 Å². The molecule has 2 aromatic rings. The standard InChI is InChI=1S/C14H11BrFNOS/c1-19-11-4-2-3-10(8-11)17-14(18)12-7-9(16)5-6-13(12)15/h2-8H,1H3,(H,17,18). The first-order valence-corrected chi connectivity index (χ1v) is 7.52. The molecule has 1 amide bonds. The van der Waals surface area contributed by atoms with Gasteiger partial charge in [-0.25, -0.2) is 4.39 Å². The van der Waals surface area contributed by atoms with E-state index in [0.717, 1.165) is 4.90 Å². The molecule has 0 spiro atoms. The molecule has 0 bridgehead atoms. The lowest BCUT2D eigenvalue weighted by Crippen LogP contribution is -2.12. The summed E-state index contributed by atoms with van der Waals surface area (Å²) in [5.74, 6) is -0.782. The lowest BCUT2D eigenvalue weighted by atomic mass is 10.2. The molecule has 98 valence electrons. The zero-order valence-electron chi connectivity index (χ0n) is 10.1. The smallest absolute Gasteiger partial charge is 0.256 e. The molecule has 19 heavy (non-hydrogen) atoms. The molecule has 1 N–H and O–H groups in total. The molecule has 0 saturated heterocycles. The average Bonchev–Trinajstić information content (AvgIpc) is 2.41. The zero-order valence-corrected chi connectivity index (χ0v) is 12.5. The van der Waals surface area contributed by atoms with Gasteiger partial charge in [0.1, 0.15) is 5.82 Å². The van der Waals surface area contributed by atoms with E-state index in [1.54, 1.807) is 17.8 Å². The largest absolute Gasteiger partial charge is 0.322 e. The van der Waals surface area contributed by atoms with Crippen LogP contribution in [-0.4, -0.2) is 12.2 Å². The zero-order chi connectivity index (χ0) is 13.8. The third-order valence-corrected chi connectivity index (χ3v) is 3.92. The van der Waals surface area contributed by atoms with Crippen molar-refractivity contribution in [3.8, 4) is 0 Å². The minimum Gasteiger partial charge on any atom is -0.322 e. The van der Waals surface area contributed by atoms with Gasteiger partial charge in [-0.15, -0.1) is 11.8 Å². The molecular formula is C14H11BrFNOS. The highest BCUT2D eigenvalue weighted by Gasteiger charge is 2.11. The van der Waals surface area contributed by atoms with Crippen LogP contribution >= 0.6 is 27.7 Å². The van der Waals surface area contributed by atoms with Gasteiger partial charge in [-0.3, -0.25) is 4.79 Å². The first-order valence-electron chi connectivity index (χ1n) is 5.50. The Morgan fingerprint density at radius 2 is 2.05 bits per heavy atom. The number of hydrogen-bond acceptors (Lipinski definition) is 2. The molecular weight excluding hydrogens is 329 g/mol. The summed E-state index contributed by atoms with van der Waals surface area (Å²) in [6, 6.07) is 11.5. The molecule has 0 aliphatic rings. The van der Waals surface area contributed by atoms with E-state index >= 15 is 0 Å². The van der Waals surface area contributed by atoms with Gasteiger partial charge in [0.25, 0.3) is 5.91 Å². The Labute approximate surface area is 123 Å². The Morgan fingerprint density at radius 1 is 1.26 bits per heavy atom. The number of thioether (sulfide) groups is 1. The topological polar surface area (TPSA) is 29.1 Å². The number of nitrogens with one attached hydrogen (secondary N) is 1. The van der Waals surface area contributed by atoms with Gasteiger partial charge in [0.15, 0.2) is 0 Å². The molecule has 0 radical (unpaired) electrons. The highest BCUT2D eigenvalue weighted by molar-refractivity contribution is 9.10. The number of hydrogen-bond donors (Lipinski definition) is 1. The van der Waals surface area contributed by atoms with Crippen LogP contribution in [0.4, 0.5) is 10.1 Å². The summed E-state index contributed by atoms with van der Waals surface area (Å²) in [6.45, 7) is 0. The molecule has 2 nitrogen and oxygen atoms in total. The highest BCUT2D eigenvalue weighted by atomic mass is 79.9. The van der Waals surface area contributed by atoms with Crippen molar-refractivity contribution in [2.24, 2.45) is 0 Å². The van der Waals surface area contributed by atoms with Crippen molar-refractivity contribution in [1.82, 2.24) is 0 Å². The van der Waals surface area contributed by atoms with Gasteiger partial charge >= 0.3 is 0 Å². The van der Waals surface area contributed by atoms with E-state index < -0.39 is 5.82 Å². The van der Waals surface area contributed by atoms with Gasteiger partial charge in [0.05, 0.1) is 5.56 Å². The first-order chi connectivity index (χ1) is 9.10. The number of halogens is 2. The maximum atomic E-state index is 13.2. The first kappa shape index (κ1) is 14.1. The molecule has 0 aliphatic carbocycles. The van der Waals surface area contributed by atoms with Crippen molar-refractivity contribution in [2.45, 2.75) is 4.90 Å². The fourth-order valence-corrected chi connectivity index (χ4v) is 2.46. The van der Waals surface area contributed by atoms with Crippen LogP contribution in [0.2, 0.25) is 0 Å². The number of rotatable bonds is 3. The van der Waals surface area contributed by atoms with Gasteiger partial charge in [-0.2, -0.15) is 0 Å². The second kappa shape index (κ2) is 6.21. The molecule has 0 heterocycles. The van der Waals surface area contributed by atoms with Crippen molar-refractivity contribution < 1.29 is 9.18 Å². The number of anilines is 1. The number of amides is 1. The van der Waals surface area contributed by atoms with Gasteiger partial charge in [-0.1, -0.05) is 6.07 Å². The summed E-state index contributed by atoms with van der Waals surface area (Å²) < 4.78 is 13.7.